The maximum Gasteiger partial charge on any atom is 0.220 e. The molecule has 2 amide bonds. The highest BCUT2D eigenvalue weighted by molar-refractivity contribution is 5.78. The molecule has 0 saturated heterocycles. The van der Waals surface area contributed by atoms with E-state index in [1.54, 1.807) is 6.07 Å². The minimum atomic E-state index is -0.419. The van der Waals surface area contributed by atoms with Gasteiger partial charge in [-0.1, -0.05) is 18.2 Å². The lowest BCUT2D eigenvalue weighted by Crippen LogP contribution is -2.28. The molecule has 0 spiro atoms. The van der Waals surface area contributed by atoms with Gasteiger partial charge in [-0.2, -0.15) is 0 Å². The molecule has 0 aliphatic rings. The first-order chi connectivity index (χ1) is 8.09. The Morgan fingerprint density at radius 2 is 1.88 bits per heavy atom. The quantitative estimate of drug-likeness (QED) is 0.614. The summed E-state index contributed by atoms with van der Waals surface area (Å²) in [4.78, 5) is 21.9. The zero-order chi connectivity index (χ0) is 12.7. The van der Waals surface area contributed by atoms with Crippen LogP contribution in [0.3, 0.4) is 0 Å². The predicted molar refractivity (Wildman–Crippen MR) is 66.0 cm³/mol. The fourth-order valence-corrected chi connectivity index (χ4v) is 1.42. The molecule has 0 fully saturated rings. The third-order valence-corrected chi connectivity index (χ3v) is 2.37. The highest BCUT2D eigenvalue weighted by Crippen LogP contribution is 2.12. The topological polar surface area (TPSA) is 98.2 Å². The van der Waals surface area contributed by atoms with Gasteiger partial charge in [0.15, 0.2) is 0 Å². The molecular weight excluding hydrogens is 218 g/mol. The summed E-state index contributed by atoms with van der Waals surface area (Å²) < 4.78 is 0. The number of para-hydroxylation sites is 1. The van der Waals surface area contributed by atoms with E-state index in [0.29, 0.717) is 25.1 Å². The van der Waals surface area contributed by atoms with E-state index < -0.39 is 5.91 Å². The Bertz CT molecular complexity index is 404. The minimum Gasteiger partial charge on any atom is -0.399 e. The van der Waals surface area contributed by atoms with Crippen molar-refractivity contribution in [1.82, 2.24) is 5.32 Å². The number of rotatable bonds is 6. The smallest absolute Gasteiger partial charge is 0.220 e. The van der Waals surface area contributed by atoms with Crippen molar-refractivity contribution in [2.24, 2.45) is 5.73 Å². The summed E-state index contributed by atoms with van der Waals surface area (Å²) in [5.41, 5.74) is 12.4. The third kappa shape index (κ3) is 5.01. The van der Waals surface area contributed by atoms with Crippen LogP contribution in [0, 0.1) is 0 Å². The number of amides is 2. The van der Waals surface area contributed by atoms with Crippen molar-refractivity contribution < 1.29 is 9.59 Å². The van der Waals surface area contributed by atoms with Crippen LogP contribution < -0.4 is 16.8 Å². The van der Waals surface area contributed by atoms with Gasteiger partial charge >= 0.3 is 0 Å². The Morgan fingerprint density at radius 1 is 1.18 bits per heavy atom. The molecule has 0 saturated carbocycles. The van der Waals surface area contributed by atoms with Crippen molar-refractivity contribution >= 4 is 17.5 Å². The summed E-state index contributed by atoms with van der Waals surface area (Å²) in [7, 11) is 0. The number of aryl methyl sites for hydroxylation is 1. The van der Waals surface area contributed by atoms with Crippen LogP contribution in [0.1, 0.15) is 18.4 Å². The van der Waals surface area contributed by atoms with Crippen LogP contribution in [0.2, 0.25) is 0 Å². The van der Waals surface area contributed by atoms with Crippen LogP contribution in [0.25, 0.3) is 0 Å². The summed E-state index contributed by atoms with van der Waals surface area (Å²) >= 11 is 0. The van der Waals surface area contributed by atoms with Gasteiger partial charge < -0.3 is 16.8 Å². The molecule has 1 rings (SSSR count). The lowest BCUT2D eigenvalue weighted by molar-refractivity contribution is -0.121. The van der Waals surface area contributed by atoms with E-state index in [2.05, 4.69) is 5.32 Å². The first-order valence-electron chi connectivity index (χ1n) is 5.48. The molecule has 5 nitrogen and oxygen atoms in total. The first kappa shape index (κ1) is 13.0. The normalized spacial score (nSPS) is 9.88. The lowest BCUT2D eigenvalue weighted by Gasteiger charge is -2.06. The Balaban J connectivity index is 2.29. The number of hydrogen-bond acceptors (Lipinski definition) is 3. The SMILES string of the molecule is NC(=O)CCNC(=O)CCc1ccccc1N. The van der Waals surface area contributed by atoms with Crippen LogP contribution in [0.4, 0.5) is 5.69 Å². The number of benzene rings is 1. The molecular formula is C12H17N3O2. The summed E-state index contributed by atoms with van der Waals surface area (Å²) in [6.45, 7) is 0.290. The highest BCUT2D eigenvalue weighted by atomic mass is 16.2. The second-order valence-corrected chi connectivity index (χ2v) is 3.77. The van der Waals surface area contributed by atoms with Crippen molar-refractivity contribution in [2.75, 3.05) is 12.3 Å². The highest BCUT2D eigenvalue weighted by Gasteiger charge is 2.04. The maximum absolute atomic E-state index is 11.4. The van der Waals surface area contributed by atoms with Crippen molar-refractivity contribution in [3.8, 4) is 0 Å². The Hall–Kier alpha value is -2.04. The van der Waals surface area contributed by atoms with Gasteiger partial charge in [0.1, 0.15) is 0 Å². The molecule has 5 heteroatoms. The molecule has 0 aliphatic carbocycles. The summed E-state index contributed by atoms with van der Waals surface area (Å²) in [5, 5.41) is 2.62. The molecule has 0 aromatic heterocycles. The van der Waals surface area contributed by atoms with Gasteiger partial charge in [-0.3, -0.25) is 9.59 Å². The first-order valence-corrected chi connectivity index (χ1v) is 5.48. The number of anilines is 1. The lowest BCUT2D eigenvalue weighted by atomic mass is 10.1. The van der Waals surface area contributed by atoms with Crippen LogP contribution in [-0.2, 0) is 16.0 Å². The molecule has 5 N–H and O–H groups in total. The number of carbonyl (C=O) groups is 2. The van der Waals surface area contributed by atoms with Crippen LogP contribution in [0.15, 0.2) is 24.3 Å². The molecule has 1 aromatic rings. The second-order valence-electron chi connectivity index (χ2n) is 3.77. The van der Waals surface area contributed by atoms with E-state index in [0.717, 1.165) is 5.56 Å². The number of primary amides is 1. The monoisotopic (exact) mass is 235 g/mol. The van der Waals surface area contributed by atoms with E-state index in [9.17, 15) is 9.59 Å². The van der Waals surface area contributed by atoms with E-state index >= 15 is 0 Å². The predicted octanol–water partition coefficient (Wildman–Crippen LogP) is 0.193. The number of nitrogens with one attached hydrogen (secondary N) is 1. The molecule has 0 aliphatic heterocycles. The van der Waals surface area contributed by atoms with Crippen LogP contribution in [0.5, 0.6) is 0 Å². The van der Waals surface area contributed by atoms with Crippen LogP contribution >= 0.6 is 0 Å². The Labute approximate surface area is 100 Å². The van der Waals surface area contributed by atoms with Crippen molar-refractivity contribution in [3.05, 3.63) is 29.8 Å². The van der Waals surface area contributed by atoms with Gasteiger partial charge in [-0.15, -0.1) is 0 Å². The molecule has 0 heterocycles. The third-order valence-electron chi connectivity index (χ3n) is 2.37. The molecule has 92 valence electrons. The van der Waals surface area contributed by atoms with Crippen molar-refractivity contribution in [1.29, 1.82) is 0 Å². The average molecular weight is 235 g/mol. The number of nitrogens with two attached hydrogens (primary N) is 2. The van der Waals surface area contributed by atoms with Gasteiger partial charge in [0.05, 0.1) is 0 Å². The van der Waals surface area contributed by atoms with Crippen molar-refractivity contribution in [3.63, 3.8) is 0 Å². The number of carbonyl (C=O) groups excluding carboxylic acids is 2. The van der Waals surface area contributed by atoms with Crippen LogP contribution in [-0.4, -0.2) is 18.4 Å². The summed E-state index contributed by atoms with van der Waals surface area (Å²) in [6.07, 6.45) is 1.11. The van der Waals surface area contributed by atoms with Gasteiger partial charge in [-0.25, -0.2) is 0 Å². The maximum atomic E-state index is 11.4. The largest absolute Gasteiger partial charge is 0.399 e. The zero-order valence-electron chi connectivity index (χ0n) is 9.61. The Morgan fingerprint density at radius 3 is 2.53 bits per heavy atom. The fourth-order valence-electron chi connectivity index (χ4n) is 1.42. The minimum absolute atomic E-state index is 0.102. The molecule has 1 aromatic carbocycles. The zero-order valence-corrected chi connectivity index (χ0v) is 9.61. The van der Waals surface area contributed by atoms with Crippen molar-refractivity contribution in [2.45, 2.75) is 19.3 Å². The van der Waals surface area contributed by atoms with Gasteiger partial charge in [0.25, 0.3) is 0 Å². The molecule has 0 bridgehead atoms. The van der Waals surface area contributed by atoms with E-state index in [1.807, 2.05) is 18.2 Å². The molecule has 0 atom stereocenters. The summed E-state index contributed by atoms with van der Waals surface area (Å²) in [6, 6.07) is 7.44. The summed E-state index contributed by atoms with van der Waals surface area (Å²) in [5.74, 6) is -0.521. The molecule has 17 heavy (non-hydrogen) atoms. The average Bonchev–Trinajstić information content (AvgIpc) is 2.27. The van der Waals surface area contributed by atoms with E-state index in [-0.39, 0.29) is 12.3 Å². The van der Waals surface area contributed by atoms with Gasteiger partial charge in [-0.05, 0) is 18.1 Å². The number of nitrogen functional groups attached to an aromatic ring is 1. The number of hydrogen-bond donors (Lipinski definition) is 3. The van der Waals surface area contributed by atoms with E-state index in [4.69, 9.17) is 11.5 Å². The standard InChI is InChI=1S/C12H17N3O2/c13-10-4-2-1-3-9(10)5-6-12(17)15-8-7-11(14)16/h1-4H,5-8,13H2,(H2,14,16)(H,15,17). The molecule has 0 radical (unpaired) electrons. The fraction of sp³-hybridized carbons (Fsp3) is 0.333. The Kier molecular flexibility index (Phi) is 5.00. The van der Waals surface area contributed by atoms with Gasteiger partial charge in [0, 0.05) is 25.1 Å². The second kappa shape index (κ2) is 6.52. The molecule has 0 unspecified atom stereocenters. The van der Waals surface area contributed by atoms with Gasteiger partial charge in [0.2, 0.25) is 11.8 Å². The van der Waals surface area contributed by atoms with E-state index in [1.165, 1.54) is 0 Å².